The standard InChI is InChI=1S/C11H9BrO4/c12-5-8(13)6-1-2-9-7(3-6)4-10(16-9)11(14)15/h1-3,10H,4-5H2,(H,14,15). The lowest BCUT2D eigenvalue weighted by Gasteiger charge is -2.03. The molecule has 1 aliphatic rings. The fourth-order valence-electron chi connectivity index (χ4n) is 1.64. The predicted octanol–water partition coefficient (Wildman–Crippen LogP) is 1.65. The number of rotatable bonds is 3. The fraction of sp³-hybridized carbons (Fsp3) is 0.273. The molecule has 0 spiro atoms. The zero-order valence-electron chi connectivity index (χ0n) is 8.27. The molecular formula is C11H9BrO4. The highest BCUT2D eigenvalue weighted by atomic mass is 79.9. The lowest BCUT2D eigenvalue weighted by Crippen LogP contribution is -2.24. The van der Waals surface area contributed by atoms with Crippen molar-refractivity contribution in [2.24, 2.45) is 0 Å². The lowest BCUT2D eigenvalue weighted by atomic mass is 10.0. The molecule has 0 amide bonds. The Kier molecular flexibility index (Phi) is 2.96. The van der Waals surface area contributed by atoms with Gasteiger partial charge in [0.25, 0.3) is 0 Å². The van der Waals surface area contributed by atoms with Crippen LogP contribution in [0.25, 0.3) is 0 Å². The summed E-state index contributed by atoms with van der Waals surface area (Å²) in [5, 5.41) is 9.07. The number of ether oxygens (including phenoxy) is 1. The fourth-order valence-corrected chi connectivity index (χ4v) is 1.96. The number of carbonyl (C=O) groups excluding carboxylic acids is 1. The topological polar surface area (TPSA) is 63.6 Å². The van der Waals surface area contributed by atoms with Gasteiger partial charge >= 0.3 is 5.97 Å². The van der Waals surface area contributed by atoms with Gasteiger partial charge in [-0.2, -0.15) is 0 Å². The third-order valence-corrected chi connectivity index (χ3v) is 2.96. The Labute approximate surface area is 100 Å². The monoisotopic (exact) mass is 284 g/mol. The maximum Gasteiger partial charge on any atom is 0.345 e. The second-order valence-electron chi connectivity index (χ2n) is 3.53. The summed E-state index contributed by atoms with van der Waals surface area (Å²) in [6.07, 6.45) is -0.516. The first-order valence-electron chi connectivity index (χ1n) is 4.73. The van der Waals surface area contributed by atoms with Crippen molar-refractivity contribution >= 4 is 27.7 Å². The average molecular weight is 285 g/mol. The second-order valence-corrected chi connectivity index (χ2v) is 4.09. The number of alkyl halides is 1. The number of aliphatic carboxylic acids is 1. The summed E-state index contributed by atoms with van der Waals surface area (Å²) < 4.78 is 5.21. The number of hydrogen-bond donors (Lipinski definition) is 1. The molecule has 16 heavy (non-hydrogen) atoms. The van der Waals surface area contributed by atoms with Crippen molar-refractivity contribution in [1.29, 1.82) is 0 Å². The number of carboxylic acids is 1. The van der Waals surface area contributed by atoms with E-state index < -0.39 is 12.1 Å². The van der Waals surface area contributed by atoms with E-state index in [2.05, 4.69) is 15.9 Å². The molecule has 1 N–H and O–H groups in total. The molecule has 1 heterocycles. The van der Waals surface area contributed by atoms with E-state index >= 15 is 0 Å². The summed E-state index contributed by atoms with van der Waals surface area (Å²) in [5.74, 6) is -0.454. The molecule has 84 valence electrons. The Morgan fingerprint density at radius 3 is 2.88 bits per heavy atom. The van der Waals surface area contributed by atoms with Crippen molar-refractivity contribution in [2.45, 2.75) is 12.5 Å². The highest BCUT2D eigenvalue weighted by Crippen LogP contribution is 2.29. The molecule has 2 rings (SSSR count). The van der Waals surface area contributed by atoms with Crippen LogP contribution in [0.4, 0.5) is 0 Å². The first-order chi connectivity index (χ1) is 7.61. The van der Waals surface area contributed by atoms with E-state index in [4.69, 9.17) is 9.84 Å². The molecule has 0 aliphatic carbocycles. The number of fused-ring (bicyclic) bond motifs is 1. The van der Waals surface area contributed by atoms with Crippen LogP contribution in [0.2, 0.25) is 0 Å². The summed E-state index contributed by atoms with van der Waals surface area (Å²) in [7, 11) is 0. The molecule has 0 fully saturated rings. The van der Waals surface area contributed by atoms with Gasteiger partial charge in [-0.05, 0) is 23.8 Å². The Balaban J connectivity index is 2.27. The van der Waals surface area contributed by atoms with Gasteiger partial charge in [-0.25, -0.2) is 4.79 Å². The highest BCUT2D eigenvalue weighted by Gasteiger charge is 2.29. The van der Waals surface area contributed by atoms with Gasteiger partial charge in [0.05, 0.1) is 5.33 Å². The number of halogens is 1. The van der Waals surface area contributed by atoms with Gasteiger partial charge in [-0.3, -0.25) is 4.79 Å². The molecule has 0 radical (unpaired) electrons. The third kappa shape index (κ3) is 1.95. The molecule has 5 heteroatoms. The quantitative estimate of drug-likeness (QED) is 0.677. The SMILES string of the molecule is O=C(CBr)c1ccc2c(c1)CC(C(=O)O)O2. The van der Waals surface area contributed by atoms with Gasteiger partial charge in [0.15, 0.2) is 11.9 Å². The Bertz CT molecular complexity index is 455. The minimum absolute atomic E-state index is 0.0263. The number of carboxylic acid groups (broad SMARTS) is 1. The molecule has 1 aliphatic heterocycles. The van der Waals surface area contributed by atoms with Gasteiger partial charge in [-0.1, -0.05) is 15.9 Å². The molecule has 4 nitrogen and oxygen atoms in total. The van der Waals surface area contributed by atoms with Gasteiger partial charge < -0.3 is 9.84 Å². The maximum absolute atomic E-state index is 11.4. The highest BCUT2D eigenvalue weighted by molar-refractivity contribution is 9.09. The predicted molar refractivity (Wildman–Crippen MR) is 60.3 cm³/mol. The van der Waals surface area contributed by atoms with Crippen LogP contribution in [0.1, 0.15) is 15.9 Å². The van der Waals surface area contributed by atoms with E-state index in [1.165, 1.54) is 0 Å². The number of Topliss-reactive ketones (excluding diaryl/α,β-unsaturated/α-hetero) is 1. The average Bonchev–Trinajstić information content (AvgIpc) is 2.70. The summed E-state index contributed by atoms with van der Waals surface area (Å²) >= 11 is 3.09. The number of ketones is 1. The largest absolute Gasteiger partial charge is 0.478 e. The summed E-state index contributed by atoms with van der Waals surface area (Å²) in [5.41, 5.74) is 1.35. The lowest BCUT2D eigenvalue weighted by molar-refractivity contribution is -0.144. The summed E-state index contributed by atoms with van der Waals surface area (Å²) in [6, 6.07) is 4.99. The minimum Gasteiger partial charge on any atom is -0.478 e. The van der Waals surface area contributed by atoms with Crippen molar-refractivity contribution in [2.75, 3.05) is 5.33 Å². The number of benzene rings is 1. The first kappa shape index (κ1) is 11.1. The van der Waals surface area contributed by atoms with Crippen molar-refractivity contribution in [3.63, 3.8) is 0 Å². The molecule has 0 saturated heterocycles. The smallest absolute Gasteiger partial charge is 0.345 e. The second kappa shape index (κ2) is 4.25. The van der Waals surface area contributed by atoms with E-state index in [1.807, 2.05) is 0 Å². The Hall–Kier alpha value is -1.36. The van der Waals surface area contributed by atoms with Crippen molar-refractivity contribution in [1.82, 2.24) is 0 Å². The van der Waals surface area contributed by atoms with Crippen LogP contribution in [0.15, 0.2) is 18.2 Å². The van der Waals surface area contributed by atoms with E-state index in [-0.39, 0.29) is 11.1 Å². The van der Waals surface area contributed by atoms with E-state index in [0.29, 0.717) is 17.7 Å². The summed E-state index contributed by atoms with van der Waals surface area (Å²) in [6.45, 7) is 0. The number of carbonyl (C=O) groups is 2. The number of hydrogen-bond acceptors (Lipinski definition) is 3. The van der Waals surface area contributed by atoms with Gasteiger partial charge in [0.2, 0.25) is 0 Å². The molecule has 0 aromatic heterocycles. The normalized spacial score (nSPS) is 17.7. The van der Waals surface area contributed by atoms with Crippen LogP contribution in [-0.2, 0) is 11.2 Å². The molecule has 0 saturated carbocycles. The molecule has 1 unspecified atom stereocenters. The molecule has 1 atom stereocenters. The molecule has 0 bridgehead atoms. The Morgan fingerprint density at radius 2 is 2.25 bits per heavy atom. The zero-order valence-corrected chi connectivity index (χ0v) is 9.86. The van der Waals surface area contributed by atoms with E-state index in [1.54, 1.807) is 18.2 Å². The van der Waals surface area contributed by atoms with Gasteiger partial charge in [0.1, 0.15) is 5.75 Å². The van der Waals surface area contributed by atoms with Crippen molar-refractivity contribution in [3.8, 4) is 5.75 Å². The van der Waals surface area contributed by atoms with Crippen LogP contribution in [-0.4, -0.2) is 28.3 Å². The van der Waals surface area contributed by atoms with Gasteiger partial charge in [0, 0.05) is 12.0 Å². The van der Waals surface area contributed by atoms with Crippen molar-refractivity contribution < 1.29 is 19.4 Å². The van der Waals surface area contributed by atoms with Crippen molar-refractivity contribution in [3.05, 3.63) is 29.3 Å². The van der Waals surface area contributed by atoms with Crippen LogP contribution in [0, 0.1) is 0 Å². The summed E-state index contributed by atoms with van der Waals surface area (Å²) in [4.78, 5) is 22.2. The Morgan fingerprint density at radius 1 is 1.50 bits per heavy atom. The van der Waals surface area contributed by atoms with E-state index in [0.717, 1.165) is 5.56 Å². The molecular weight excluding hydrogens is 276 g/mol. The first-order valence-corrected chi connectivity index (χ1v) is 5.85. The molecule has 1 aromatic rings. The van der Waals surface area contributed by atoms with Crippen LogP contribution < -0.4 is 4.74 Å². The minimum atomic E-state index is -0.982. The van der Waals surface area contributed by atoms with Crippen LogP contribution >= 0.6 is 15.9 Å². The van der Waals surface area contributed by atoms with Gasteiger partial charge in [-0.15, -0.1) is 0 Å². The maximum atomic E-state index is 11.4. The molecule has 1 aromatic carbocycles. The van der Waals surface area contributed by atoms with Crippen LogP contribution in [0.3, 0.4) is 0 Å². The van der Waals surface area contributed by atoms with Crippen LogP contribution in [0.5, 0.6) is 5.75 Å². The third-order valence-electron chi connectivity index (χ3n) is 2.45. The van der Waals surface area contributed by atoms with E-state index in [9.17, 15) is 9.59 Å². The zero-order chi connectivity index (χ0) is 11.7.